The fraction of sp³-hybridized carbons (Fsp3) is 0.556. The average molecular weight is 187 g/mol. The van der Waals surface area contributed by atoms with E-state index < -0.39 is 0 Å². The molecule has 0 heterocycles. The predicted molar refractivity (Wildman–Crippen MR) is 58.1 cm³/mol. The summed E-state index contributed by atoms with van der Waals surface area (Å²) in [5, 5.41) is 0. The number of thiol groups is 1. The molecule has 0 bridgehead atoms. The van der Waals surface area contributed by atoms with Gasteiger partial charge in [-0.15, -0.1) is 0 Å². The number of rotatable bonds is 3. The van der Waals surface area contributed by atoms with E-state index in [1.54, 1.807) is 26.1 Å². The van der Waals surface area contributed by atoms with Gasteiger partial charge >= 0.3 is 0 Å². The Bertz CT molecular complexity index is 173. The van der Waals surface area contributed by atoms with Gasteiger partial charge in [0.05, 0.1) is 5.75 Å². The van der Waals surface area contributed by atoms with E-state index in [4.69, 9.17) is 0 Å². The summed E-state index contributed by atoms with van der Waals surface area (Å²) >= 11 is 3.84. The average Bonchev–Trinajstić information content (AvgIpc) is 2.16. The maximum absolute atomic E-state index is 10.9. The van der Waals surface area contributed by atoms with Crippen molar-refractivity contribution in [1.82, 2.24) is 0 Å². The second kappa shape index (κ2) is 10.4. The first-order chi connectivity index (χ1) is 5.76. The molecule has 0 saturated heterocycles. The summed E-state index contributed by atoms with van der Waals surface area (Å²) in [7, 11) is 0. The van der Waals surface area contributed by atoms with E-state index in [9.17, 15) is 4.79 Å². The third-order valence-electron chi connectivity index (χ3n) is 0.971. The number of allylic oxidation sites excluding steroid dienone is 2. The zero-order valence-corrected chi connectivity index (χ0v) is 9.06. The summed E-state index contributed by atoms with van der Waals surface area (Å²) < 4.78 is 0. The molecule has 0 saturated carbocycles. The van der Waals surface area contributed by atoms with Crippen molar-refractivity contribution in [1.29, 1.82) is 0 Å². The SMILES string of the molecule is CC.CC=N/C(=C\C)C(=O)CS. The van der Waals surface area contributed by atoms with E-state index in [0.717, 1.165) is 0 Å². The van der Waals surface area contributed by atoms with Crippen molar-refractivity contribution < 1.29 is 4.79 Å². The highest BCUT2D eigenvalue weighted by molar-refractivity contribution is 7.81. The number of hydrogen-bond acceptors (Lipinski definition) is 3. The molecule has 12 heavy (non-hydrogen) atoms. The van der Waals surface area contributed by atoms with Crippen LogP contribution in [0.2, 0.25) is 0 Å². The van der Waals surface area contributed by atoms with Gasteiger partial charge in [0.1, 0.15) is 5.70 Å². The second-order valence-corrected chi connectivity index (χ2v) is 1.96. The number of carbonyl (C=O) groups is 1. The van der Waals surface area contributed by atoms with Crippen LogP contribution in [0.3, 0.4) is 0 Å². The lowest BCUT2D eigenvalue weighted by Gasteiger charge is -1.93. The lowest BCUT2D eigenvalue weighted by atomic mass is 10.3. The number of ketones is 1. The minimum atomic E-state index is -0.0380. The molecule has 2 nitrogen and oxygen atoms in total. The largest absolute Gasteiger partial charge is 0.292 e. The van der Waals surface area contributed by atoms with Crippen LogP contribution in [0.15, 0.2) is 16.8 Å². The van der Waals surface area contributed by atoms with Gasteiger partial charge in [-0.1, -0.05) is 19.9 Å². The van der Waals surface area contributed by atoms with Crippen LogP contribution < -0.4 is 0 Å². The maximum atomic E-state index is 10.9. The Morgan fingerprint density at radius 1 is 1.42 bits per heavy atom. The summed E-state index contributed by atoms with van der Waals surface area (Å²) in [6, 6.07) is 0. The number of hydrogen-bond donors (Lipinski definition) is 1. The highest BCUT2D eigenvalue weighted by Gasteiger charge is 2.01. The molecule has 0 fully saturated rings. The van der Waals surface area contributed by atoms with Gasteiger partial charge in [0, 0.05) is 6.21 Å². The van der Waals surface area contributed by atoms with E-state index in [0.29, 0.717) is 5.70 Å². The Kier molecular flexibility index (Phi) is 12.2. The second-order valence-electron chi connectivity index (χ2n) is 1.64. The summed E-state index contributed by atoms with van der Waals surface area (Å²) in [6.07, 6.45) is 3.27. The van der Waals surface area contributed by atoms with Crippen molar-refractivity contribution in [3.63, 3.8) is 0 Å². The van der Waals surface area contributed by atoms with Crippen LogP contribution in [0, 0.1) is 0 Å². The van der Waals surface area contributed by atoms with Gasteiger partial charge in [-0.05, 0) is 13.8 Å². The highest BCUT2D eigenvalue weighted by Crippen LogP contribution is 1.98. The number of nitrogens with zero attached hydrogens (tertiary/aromatic N) is 1. The van der Waals surface area contributed by atoms with Crippen molar-refractivity contribution >= 4 is 24.6 Å². The minimum absolute atomic E-state index is 0.0380. The lowest BCUT2D eigenvalue weighted by molar-refractivity contribution is -0.113. The zero-order valence-electron chi connectivity index (χ0n) is 8.16. The molecule has 0 N–H and O–H groups in total. The normalized spacial score (nSPS) is 10.9. The summed E-state index contributed by atoms with van der Waals surface area (Å²) in [4.78, 5) is 14.7. The number of aliphatic imine (C=N–C) groups is 1. The molecular weight excluding hydrogens is 170 g/mol. The maximum Gasteiger partial charge on any atom is 0.190 e. The van der Waals surface area contributed by atoms with Gasteiger partial charge in [-0.2, -0.15) is 12.6 Å². The fourth-order valence-corrected chi connectivity index (χ4v) is 0.690. The standard InChI is InChI=1S/C7H11NOS.C2H6/c1-3-6(8-4-2)7(9)5-10;1-2/h3-4,10H,5H2,1-2H3;1-2H3/b6-3-,8-4?;. The summed E-state index contributed by atoms with van der Waals surface area (Å²) in [5.41, 5.74) is 0.484. The van der Waals surface area contributed by atoms with Gasteiger partial charge < -0.3 is 0 Å². The van der Waals surface area contributed by atoms with Gasteiger partial charge in [-0.3, -0.25) is 9.79 Å². The molecule has 0 rings (SSSR count). The smallest absolute Gasteiger partial charge is 0.190 e. The molecule has 0 aromatic heterocycles. The molecule has 0 aromatic rings. The first-order valence-electron chi connectivity index (χ1n) is 4.05. The van der Waals surface area contributed by atoms with E-state index in [2.05, 4.69) is 17.6 Å². The Balaban J connectivity index is 0. The Labute approximate surface area is 80.2 Å². The van der Waals surface area contributed by atoms with Crippen molar-refractivity contribution in [3.05, 3.63) is 11.8 Å². The third-order valence-corrected chi connectivity index (χ3v) is 1.26. The number of Topliss-reactive ketones (excluding diaryl/α,β-unsaturated/α-hetero) is 1. The number of carbonyl (C=O) groups excluding carboxylic acids is 1. The molecule has 0 aromatic carbocycles. The van der Waals surface area contributed by atoms with Gasteiger partial charge in [0.15, 0.2) is 5.78 Å². The molecular formula is C9H17NOS. The van der Waals surface area contributed by atoms with E-state index in [1.165, 1.54) is 0 Å². The fourth-order valence-electron chi connectivity index (χ4n) is 0.528. The molecule has 0 aliphatic rings. The molecule has 0 radical (unpaired) electrons. The molecule has 3 heteroatoms. The first-order valence-corrected chi connectivity index (χ1v) is 4.68. The van der Waals surface area contributed by atoms with Crippen LogP contribution in [0.25, 0.3) is 0 Å². The first kappa shape index (κ1) is 14.0. The monoisotopic (exact) mass is 187 g/mol. The van der Waals surface area contributed by atoms with Gasteiger partial charge in [0.2, 0.25) is 0 Å². The van der Waals surface area contributed by atoms with Gasteiger partial charge in [0.25, 0.3) is 0 Å². The van der Waals surface area contributed by atoms with E-state index >= 15 is 0 Å². The van der Waals surface area contributed by atoms with E-state index in [1.807, 2.05) is 13.8 Å². The van der Waals surface area contributed by atoms with Crippen LogP contribution in [0.4, 0.5) is 0 Å². The predicted octanol–water partition coefficient (Wildman–Crippen LogP) is 2.51. The quantitative estimate of drug-likeness (QED) is 0.410. The molecule has 0 atom stereocenters. The van der Waals surface area contributed by atoms with Crippen molar-refractivity contribution in [2.75, 3.05) is 5.75 Å². The third kappa shape index (κ3) is 6.16. The molecule has 0 unspecified atom stereocenters. The van der Waals surface area contributed by atoms with Crippen LogP contribution >= 0.6 is 12.6 Å². The minimum Gasteiger partial charge on any atom is -0.292 e. The molecule has 0 amide bonds. The zero-order chi connectivity index (χ0) is 9.98. The van der Waals surface area contributed by atoms with Crippen molar-refractivity contribution in [2.45, 2.75) is 27.7 Å². The summed E-state index contributed by atoms with van der Waals surface area (Å²) in [6.45, 7) is 7.55. The lowest BCUT2D eigenvalue weighted by Crippen LogP contribution is -2.01. The van der Waals surface area contributed by atoms with E-state index in [-0.39, 0.29) is 11.5 Å². The Hall–Kier alpha value is -0.570. The van der Waals surface area contributed by atoms with Crippen LogP contribution in [0.5, 0.6) is 0 Å². The molecule has 0 aliphatic heterocycles. The summed E-state index contributed by atoms with van der Waals surface area (Å²) in [5.74, 6) is 0.181. The topological polar surface area (TPSA) is 29.4 Å². The van der Waals surface area contributed by atoms with Crippen LogP contribution in [0.1, 0.15) is 27.7 Å². The molecule has 0 aliphatic carbocycles. The Morgan fingerprint density at radius 3 is 2.17 bits per heavy atom. The highest BCUT2D eigenvalue weighted by atomic mass is 32.1. The van der Waals surface area contributed by atoms with Gasteiger partial charge in [-0.25, -0.2) is 0 Å². The molecule has 70 valence electrons. The van der Waals surface area contributed by atoms with Crippen LogP contribution in [-0.4, -0.2) is 17.8 Å². The molecule has 0 spiro atoms. The van der Waals surface area contributed by atoms with Crippen molar-refractivity contribution in [3.8, 4) is 0 Å². The Morgan fingerprint density at radius 2 is 1.92 bits per heavy atom. The van der Waals surface area contributed by atoms with Crippen molar-refractivity contribution in [2.24, 2.45) is 4.99 Å². The van der Waals surface area contributed by atoms with Crippen LogP contribution in [-0.2, 0) is 4.79 Å².